The summed E-state index contributed by atoms with van der Waals surface area (Å²) < 4.78 is 0. The Morgan fingerprint density at radius 1 is 0.860 bits per heavy atom. The maximum atomic E-state index is 13.7. The lowest BCUT2D eigenvalue weighted by molar-refractivity contribution is -0.137. The van der Waals surface area contributed by atoms with Gasteiger partial charge < -0.3 is 27.0 Å². The predicted molar refractivity (Wildman–Crippen MR) is 158 cm³/mol. The number of carboxylic acids is 2. The molecule has 0 saturated heterocycles. The first-order valence-corrected chi connectivity index (χ1v) is 12.7. The second kappa shape index (κ2) is 9.16. The molecular weight excluding hydrogens is 578 g/mol. The van der Waals surface area contributed by atoms with Crippen LogP contribution in [0.2, 0.25) is 0 Å². The maximum absolute atomic E-state index is 13.7. The molecule has 7 rings (SSSR count). The highest BCUT2D eigenvalue weighted by Crippen LogP contribution is 2.46. The predicted octanol–water partition coefficient (Wildman–Crippen LogP) is 2.58. The standard InChI is InChI=1S/C29H21N7O6.ClH/c1-9-17-21(30)13-7-11(3-5-15(13)32-9)19-23(34-26(17)37)20(28(39)40)24-12-4-6-16-14(8-12)22(31)18(10(2)33-16)27(38)35-36(24)25(19)29(41)42;/h3-8,24H,1-2H3,(H2,30,32)(H2,31,33)(H,34,37)(H,35,38)(H,39,40)(H,41,42);1H. The van der Waals surface area contributed by atoms with Gasteiger partial charge in [0.15, 0.2) is 5.70 Å². The first kappa shape index (κ1) is 27.5. The van der Waals surface area contributed by atoms with Gasteiger partial charge in [-0.3, -0.25) is 30.0 Å². The van der Waals surface area contributed by atoms with E-state index >= 15 is 0 Å². The number of aromatic nitrogens is 2. The fourth-order valence-corrected chi connectivity index (χ4v) is 6.14. The topological polar surface area (TPSA) is 214 Å². The number of hydrogen-bond acceptors (Lipinski definition) is 9. The third kappa shape index (κ3) is 3.64. The molecule has 2 aromatic carbocycles. The number of nitrogens with two attached hydrogens (primary N) is 2. The fourth-order valence-electron chi connectivity index (χ4n) is 6.14. The summed E-state index contributed by atoms with van der Waals surface area (Å²) in [4.78, 5) is 62.6. The number of aliphatic carboxylic acids is 2. The van der Waals surface area contributed by atoms with Crippen LogP contribution >= 0.6 is 12.4 Å². The van der Waals surface area contributed by atoms with E-state index in [2.05, 4.69) is 20.7 Å². The number of pyridine rings is 2. The zero-order valence-electron chi connectivity index (χ0n) is 22.5. The van der Waals surface area contributed by atoms with Crippen molar-refractivity contribution in [3.8, 4) is 0 Å². The van der Waals surface area contributed by atoms with Crippen molar-refractivity contribution in [2.75, 3.05) is 11.5 Å². The van der Waals surface area contributed by atoms with Gasteiger partial charge in [-0.05, 0) is 49.2 Å². The number of aryl methyl sites for hydroxylation is 2. The number of carbonyl (C=O) groups is 4. The van der Waals surface area contributed by atoms with Gasteiger partial charge in [0.2, 0.25) is 0 Å². The van der Waals surface area contributed by atoms with Crippen LogP contribution in [-0.2, 0) is 9.59 Å². The lowest BCUT2D eigenvalue weighted by atomic mass is 9.85. The third-order valence-corrected chi connectivity index (χ3v) is 7.92. The molecule has 0 saturated carbocycles. The molecule has 0 spiro atoms. The summed E-state index contributed by atoms with van der Waals surface area (Å²) in [7, 11) is 0. The second-order valence-electron chi connectivity index (χ2n) is 10.3. The number of amides is 2. The van der Waals surface area contributed by atoms with Crippen LogP contribution in [0.1, 0.15) is 49.3 Å². The van der Waals surface area contributed by atoms with E-state index in [0.717, 1.165) is 5.01 Å². The number of fused-ring (bicyclic) bond motifs is 8. The number of nitrogens with zero attached hydrogens (tertiary/aromatic N) is 3. The Labute approximate surface area is 248 Å². The number of nitrogen functional groups attached to an aromatic ring is 2. The van der Waals surface area contributed by atoms with Crippen LogP contribution in [0, 0.1) is 13.8 Å². The number of nitrogens with one attached hydrogen (secondary N) is 2. The number of carbonyl (C=O) groups excluding carboxylic acids is 2. The molecule has 14 heteroatoms. The Bertz CT molecular complexity index is 2100. The van der Waals surface area contributed by atoms with Gasteiger partial charge in [0.25, 0.3) is 11.8 Å². The van der Waals surface area contributed by atoms with Crippen molar-refractivity contribution in [3.05, 3.63) is 87.0 Å². The Hall–Kier alpha value is -5.69. The van der Waals surface area contributed by atoms with Crippen LogP contribution in [-0.4, -0.2) is 48.9 Å². The second-order valence-corrected chi connectivity index (χ2v) is 10.3. The summed E-state index contributed by atoms with van der Waals surface area (Å²) in [6, 6.07) is 8.09. The molecule has 3 aliphatic heterocycles. The van der Waals surface area contributed by atoms with Gasteiger partial charge in [0, 0.05) is 16.3 Å². The molecule has 43 heavy (non-hydrogen) atoms. The number of allylic oxidation sites excluding steroid dienone is 1. The quantitative estimate of drug-likeness (QED) is 0.197. The highest BCUT2D eigenvalue weighted by molar-refractivity contribution is 6.15. The summed E-state index contributed by atoms with van der Waals surface area (Å²) in [5, 5.41) is 25.8. The summed E-state index contributed by atoms with van der Waals surface area (Å²) in [5.41, 5.74) is 16.5. The zero-order chi connectivity index (χ0) is 29.8. The molecular formula is C29H22ClN7O6. The normalized spacial score (nSPS) is 17.0. The molecule has 1 atom stereocenters. The van der Waals surface area contributed by atoms with Gasteiger partial charge in [0.05, 0.1) is 56.2 Å². The minimum Gasteiger partial charge on any atom is -0.478 e. The van der Waals surface area contributed by atoms with Crippen LogP contribution < -0.4 is 22.2 Å². The minimum absolute atomic E-state index is 0. The van der Waals surface area contributed by atoms with Crippen molar-refractivity contribution in [2.45, 2.75) is 19.9 Å². The number of benzene rings is 2. The molecule has 4 aromatic rings. The first-order valence-electron chi connectivity index (χ1n) is 12.7. The Kier molecular flexibility index (Phi) is 5.85. The van der Waals surface area contributed by atoms with Crippen LogP contribution in [0.15, 0.2) is 53.4 Å². The average Bonchev–Trinajstić information content (AvgIpc) is 2.93. The van der Waals surface area contributed by atoms with Gasteiger partial charge >= 0.3 is 11.9 Å². The first-order chi connectivity index (χ1) is 20.0. The molecule has 0 radical (unpaired) electrons. The van der Waals surface area contributed by atoms with E-state index in [-0.39, 0.29) is 62.9 Å². The lowest BCUT2D eigenvalue weighted by Crippen LogP contribution is -2.50. The lowest BCUT2D eigenvalue weighted by Gasteiger charge is -2.40. The molecule has 3 aliphatic rings. The molecule has 2 aromatic heterocycles. The van der Waals surface area contributed by atoms with Gasteiger partial charge in [-0.15, -0.1) is 12.4 Å². The van der Waals surface area contributed by atoms with Crippen molar-refractivity contribution in [2.24, 2.45) is 0 Å². The molecule has 2 amide bonds. The SMILES string of the molecule is Cc1nc2ccc3cc2c(N)c1C(=O)NC1=C(C(=O)O)C2c4ccc5nc(C)c(c(N)c5c4)C(=O)NN2C(C(=O)O)=C13.Cl. The van der Waals surface area contributed by atoms with Crippen molar-refractivity contribution in [1.29, 1.82) is 0 Å². The highest BCUT2D eigenvalue weighted by Gasteiger charge is 2.45. The zero-order valence-corrected chi connectivity index (χ0v) is 23.3. The van der Waals surface area contributed by atoms with E-state index in [1.54, 1.807) is 50.2 Å². The van der Waals surface area contributed by atoms with Gasteiger partial charge in [0.1, 0.15) is 6.04 Å². The van der Waals surface area contributed by atoms with E-state index in [4.69, 9.17) is 11.5 Å². The maximum Gasteiger partial charge on any atom is 0.354 e. The summed E-state index contributed by atoms with van der Waals surface area (Å²) in [5.74, 6) is -4.49. The third-order valence-electron chi connectivity index (χ3n) is 7.92. The van der Waals surface area contributed by atoms with Crippen molar-refractivity contribution in [1.82, 2.24) is 25.7 Å². The summed E-state index contributed by atoms with van der Waals surface area (Å²) >= 11 is 0. The number of rotatable bonds is 2. The highest BCUT2D eigenvalue weighted by atomic mass is 35.5. The van der Waals surface area contributed by atoms with E-state index in [9.17, 15) is 29.4 Å². The van der Waals surface area contributed by atoms with E-state index in [1.807, 2.05) is 0 Å². The van der Waals surface area contributed by atoms with E-state index in [0.29, 0.717) is 33.2 Å². The smallest absolute Gasteiger partial charge is 0.354 e. The van der Waals surface area contributed by atoms with Gasteiger partial charge in [-0.1, -0.05) is 12.1 Å². The van der Waals surface area contributed by atoms with Gasteiger partial charge in [-0.25, -0.2) is 9.59 Å². The number of hydrazine groups is 1. The molecule has 1 unspecified atom stereocenters. The summed E-state index contributed by atoms with van der Waals surface area (Å²) in [6.07, 6.45) is 0. The van der Waals surface area contributed by atoms with Crippen LogP contribution in [0.4, 0.5) is 11.4 Å². The number of carboxylic acid groups (broad SMARTS) is 2. The average molecular weight is 600 g/mol. The number of hydrogen-bond donors (Lipinski definition) is 6. The molecule has 5 heterocycles. The molecule has 0 fully saturated rings. The van der Waals surface area contributed by atoms with Crippen molar-refractivity contribution >= 4 is 74.9 Å². The summed E-state index contributed by atoms with van der Waals surface area (Å²) in [6.45, 7) is 3.20. The van der Waals surface area contributed by atoms with Crippen LogP contribution in [0.3, 0.4) is 0 Å². The van der Waals surface area contributed by atoms with Gasteiger partial charge in [-0.2, -0.15) is 0 Å². The monoisotopic (exact) mass is 599 g/mol. The Morgan fingerprint density at radius 2 is 1.44 bits per heavy atom. The number of anilines is 2. The minimum atomic E-state index is -1.49. The van der Waals surface area contributed by atoms with E-state index in [1.165, 1.54) is 0 Å². The largest absolute Gasteiger partial charge is 0.478 e. The van der Waals surface area contributed by atoms with E-state index < -0.39 is 35.5 Å². The molecule has 216 valence electrons. The molecule has 0 aliphatic carbocycles. The van der Waals surface area contributed by atoms with Crippen LogP contribution in [0.25, 0.3) is 27.4 Å². The Balaban J connectivity index is 0.00000329. The van der Waals surface area contributed by atoms with Crippen LogP contribution in [0.5, 0.6) is 0 Å². The molecule has 8 N–H and O–H groups in total. The van der Waals surface area contributed by atoms with Crippen molar-refractivity contribution in [3.63, 3.8) is 0 Å². The Morgan fingerprint density at radius 3 is 2.05 bits per heavy atom. The fraction of sp³-hybridized carbons (Fsp3) is 0.103. The molecule has 6 bridgehead atoms. The molecule has 13 nitrogen and oxygen atoms in total. The van der Waals surface area contributed by atoms with Crippen molar-refractivity contribution < 1.29 is 29.4 Å². The number of halogens is 1.